The van der Waals surface area contributed by atoms with Gasteiger partial charge in [0.25, 0.3) is 0 Å². The highest BCUT2D eigenvalue weighted by Gasteiger charge is 2.23. The number of ether oxygens (including phenoxy) is 1. The van der Waals surface area contributed by atoms with Gasteiger partial charge in [-0.2, -0.15) is 0 Å². The number of morpholine rings is 1. The number of nitrogens with one attached hydrogen (secondary N) is 2. The van der Waals surface area contributed by atoms with Crippen LogP contribution in [0.5, 0.6) is 0 Å². The second-order valence-corrected chi connectivity index (χ2v) is 8.96. The van der Waals surface area contributed by atoms with Crippen LogP contribution in [-0.2, 0) is 11.3 Å². The highest BCUT2D eigenvalue weighted by Crippen LogP contribution is 2.17. The molecule has 3 heterocycles. The topological polar surface area (TPSA) is 65.0 Å². The molecule has 1 atom stereocenters. The van der Waals surface area contributed by atoms with Crippen LogP contribution in [0.3, 0.4) is 0 Å². The zero-order chi connectivity index (χ0) is 21.9. The number of anilines is 1. The van der Waals surface area contributed by atoms with Crippen LogP contribution in [0.2, 0.25) is 0 Å². The Kier molecular flexibility index (Phi) is 9.87. The third-order valence-corrected chi connectivity index (χ3v) is 6.27. The van der Waals surface area contributed by atoms with Gasteiger partial charge < -0.3 is 20.3 Å². The molecule has 1 unspecified atom stereocenters. The van der Waals surface area contributed by atoms with Gasteiger partial charge in [-0.3, -0.25) is 4.90 Å². The lowest BCUT2D eigenvalue weighted by Gasteiger charge is -2.37. The van der Waals surface area contributed by atoms with Crippen LogP contribution in [0.15, 0.2) is 23.3 Å². The summed E-state index contributed by atoms with van der Waals surface area (Å²) < 4.78 is 5.53. The molecule has 31 heavy (non-hydrogen) atoms. The predicted molar refractivity (Wildman–Crippen MR) is 129 cm³/mol. The molecule has 2 fully saturated rings. The number of nitrogens with zero attached hydrogens (tertiary/aromatic N) is 4. The lowest BCUT2D eigenvalue weighted by molar-refractivity contribution is 0.00752. The first kappa shape index (κ1) is 23.8. The molecule has 0 bridgehead atoms. The number of hydrogen-bond acceptors (Lipinski definition) is 5. The average Bonchev–Trinajstić information content (AvgIpc) is 3.08. The molecule has 0 spiro atoms. The second-order valence-electron chi connectivity index (χ2n) is 8.96. The van der Waals surface area contributed by atoms with Crippen molar-refractivity contribution < 1.29 is 4.74 Å². The van der Waals surface area contributed by atoms with Crippen molar-refractivity contribution >= 4 is 11.8 Å². The molecule has 7 nitrogen and oxygen atoms in total. The van der Waals surface area contributed by atoms with Crippen molar-refractivity contribution in [2.24, 2.45) is 10.9 Å². The molecule has 2 aliphatic heterocycles. The first-order valence-electron chi connectivity index (χ1n) is 12.2. The standard InChI is InChI=1S/C24H42N6O/c1-4-25-24(28-19-22(20(2)3)29-13-15-31-16-14-29)27-18-21-9-10-23(26-17-21)30-11-7-5-6-8-12-30/h9-10,17,20,22H,4-8,11-16,18-19H2,1-3H3,(H2,25,27,28). The Hall–Kier alpha value is -1.86. The maximum absolute atomic E-state index is 5.53. The van der Waals surface area contributed by atoms with E-state index >= 15 is 0 Å². The summed E-state index contributed by atoms with van der Waals surface area (Å²) in [6.07, 6.45) is 7.21. The quantitative estimate of drug-likeness (QED) is 0.488. The van der Waals surface area contributed by atoms with E-state index < -0.39 is 0 Å². The Morgan fingerprint density at radius 3 is 2.42 bits per heavy atom. The minimum atomic E-state index is 0.474. The Labute approximate surface area is 188 Å². The maximum atomic E-state index is 5.53. The smallest absolute Gasteiger partial charge is 0.191 e. The van der Waals surface area contributed by atoms with E-state index in [4.69, 9.17) is 14.7 Å². The SMILES string of the molecule is CCNC(=NCc1ccc(N2CCCCCC2)nc1)NCC(C(C)C)N1CCOCC1. The van der Waals surface area contributed by atoms with Gasteiger partial charge in [-0.25, -0.2) is 9.98 Å². The highest BCUT2D eigenvalue weighted by atomic mass is 16.5. The highest BCUT2D eigenvalue weighted by molar-refractivity contribution is 5.79. The summed E-state index contributed by atoms with van der Waals surface area (Å²) in [5, 5.41) is 6.95. The molecule has 0 aliphatic carbocycles. The van der Waals surface area contributed by atoms with Gasteiger partial charge in [-0.15, -0.1) is 0 Å². The summed E-state index contributed by atoms with van der Waals surface area (Å²) in [5.74, 6) is 2.55. The molecule has 7 heteroatoms. The van der Waals surface area contributed by atoms with Gasteiger partial charge >= 0.3 is 0 Å². The van der Waals surface area contributed by atoms with Crippen molar-refractivity contribution in [1.29, 1.82) is 0 Å². The summed E-state index contributed by atoms with van der Waals surface area (Å²) >= 11 is 0. The molecule has 0 radical (unpaired) electrons. The van der Waals surface area contributed by atoms with E-state index in [0.29, 0.717) is 18.5 Å². The van der Waals surface area contributed by atoms with Gasteiger partial charge in [0, 0.05) is 51.5 Å². The number of guanidine groups is 1. The summed E-state index contributed by atoms with van der Waals surface area (Å²) in [6, 6.07) is 4.80. The molecule has 2 aliphatic rings. The fourth-order valence-electron chi connectivity index (χ4n) is 4.41. The van der Waals surface area contributed by atoms with E-state index in [0.717, 1.165) is 69.8 Å². The molecule has 0 aromatic carbocycles. The Morgan fingerprint density at radius 1 is 1.06 bits per heavy atom. The maximum Gasteiger partial charge on any atom is 0.191 e. The number of rotatable bonds is 8. The molecule has 2 saturated heterocycles. The Balaban J connectivity index is 1.55. The first-order valence-corrected chi connectivity index (χ1v) is 12.2. The lowest BCUT2D eigenvalue weighted by atomic mass is 10.0. The summed E-state index contributed by atoms with van der Waals surface area (Å²) in [6.45, 7) is 15.0. The van der Waals surface area contributed by atoms with E-state index in [-0.39, 0.29) is 0 Å². The van der Waals surface area contributed by atoms with E-state index in [1.54, 1.807) is 0 Å². The molecule has 174 valence electrons. The number of aliphatic imine (C=N–C) groups is 1. The monoisotopic (exact) mass is 430 g/mol. The largest absolute Gasteiger partial charge is 0.379 e. The van der Waals surface area contributed by atoms with Crippen molar-refractivity contribution in [3.63, 3.8) is 0 Å². The van der Waals surface area contributed by atoms with Crippen molar-refractivity contribution in [3.8, 4) is 0 Å². The Bertz CT molecular complexity index is 649. The van der Waals surface area contributed by atoms with Gasteiger partial charge in [-0.1, -0.05) is 32.8 Å². The van der Waals surface area contributed by atoms with Gasteiger partial charge in [0.05, 0.1) is 19.8 Å². The van der Waals surface area contributed by atoms with Crippen LogP contribution in [-0.4, -0.2) is 74.4 Å². The third-order valence-electron chi connectivity index (χ3n) is 6.27. The van der Waals surface area contributed by atoms with Crippen LogP contribution in [0.4, 0.5) is 5.82 Å². The van der Waals surface area contributed by atoms with Gasteiger partial charge in [0.1, 0.15) is 5.82 Å². The predicted octanol–water partition coefficient (Wildman–Crippen LogP) is 2.87. The van der Waals surface area contributed by atoms with Crippen molar-refractivity contribution in [3.05, 3.63) is 23.9 Å². The fourth-order valence-corrected chi connectivity index (χ4v) is 4.41. The third kappa shape index (κ3) is 7.65. The Morgan fingerprint density at radius 2 is 1.81 bits per heavy atom. The summed E-state index contributed by atoms with van der Waals surface area (Å²) in [5.41, 5.74) is 1.14. The summed E-state index contributed by atoms with van der Waals surface area (Å²) in [4.78, 5) is 14.5. The number of aromatic nitrogens is 1. The minimum Gasteiger partial charge on any atom is -0.379 e. The van der Waals surface area contributed by atoms with Gasteiger partial charge in [0.2, 0.25) is 0 Å². The molecular formula is C24H42N6O. The molecular weight excluding hydrogens is 388 g/mol. The number of hydrogen-bond donors (Lipinski definition) is 2. The van der Waals surface area contributed by atoms with E-state index in [9.17, 15) is 0 Å². The normalized spacial score (nSPS) is 19.9. The van der Waals surface area contributed by atoms with Crippen molar-refractivity contribution in [2.75, 3.05) is 57.4 Å². The molecule has 0 saturated carbocycles. The zero-order valence-electron chi connectivity index (χ0n) is 19.8. The van der Waals surface area contributed by atoms with Gasteiger partial charge in [-0.05, 0) is 37.3 Å². The van der Waals surface area contributed by atoms with Crippen molar-refractivity contribution in [1.82, 2.24) is 20.5 Å². The molecule has 2 N–H and O–H groups in total. The zero-order valence-corrected chi connectivity index (χ0v) is 19.8. The van der Waals surface area contributed by atoms with E-state index in [2.05, 4.69) is 53.3 Å². The van der Waals surface area contributed by atoms with E-state index in [1.165, 1.54) is 25.7 Å². The van der Waals surface area contributed by atoms with Crippen LogP contribution >= 0.6 is 0 Å². The first-order chi connectivity index (χ1) is 15.2. The average molecular weight is 431 g/mol. The summed E-state index contributed by atoms with van der Waals surface area (Å²) in [7, 11) is 0. The molecule has 1 aromatic rings. The van der Waals surface area contributed by atoms with Gasteiger partial charge in [0.15, 0.2) is 5.96 Å². The second kappa shape index (κ2) is 12.9. The van der Waals surface area contributed by atoms with Crippen LogP contribution in [0.25, 0.3) is 0 Å². The molecule has 3 rings (SSSR count). The fraction of sp³-hybridized carbons (Fsp3) is 0.750. The van der Waals surface area contributed by atoms with Crippen LogP contribution < -0.4 is 15.5 Å². The van der Waals surface area contributed by atoms with Crippen LogP contribution in [0.1, 0.15) is 52.0 Å². The van der Waals surface area contributed by atoms with Crippen molar-refractivity contribution in [2.45, 2.75) is 59.0 Å². The number of pyridine rings is 1. The minimum absolute atomic E-state index is 0.474. The van der Waals surface area contributed by atoms with E-state index in [1.807, 2.05) is 6.20 Å². The molecule has 1 aromatic heterocycles. The lowest BCUT2D eigenvalue weighted by Crippen LogP contribution is -2.52. The molecule has 0 amide bonds. The van der Waals surface area contributed by atoms with Crippen LogP contribution in [0, 0.1) is 5.92 Å².